The number of aromatic nitrogens is 4. The summed E-state index contributed by atoms with van der Waals surface area (Å²) in [5.74, 6) is 0.431. The normalized spacial score (nSPS) is 12.2. The Hall–Kier alpha value is -2.31. The molecule has 0 fully saturated rings. The van der Waals surface area contributed by atoms with Crippen molar-refractivity contribution in [2.45, 2.75) is 6.04 Å². The monoisotopic (exact) mass is 246 g/mol. The fraction of sp³-hybridized carbons (Fsp3) is 0.364. The summed E-state index contributed by atoms with van der Waals surface area (Å²) >= 11 is 0. The van der Waals surface area contributed by atoms with E-state index in [0.717, 1.165) is 11.3 Å². The molecule has 18 heavy (non-hydrogen) atoms. The fourth-order valence-electron chi connectivity index (χ4n) is 1.70. The summed E-state index contributed by atoms with van der Waals surface area (Å²) in [7, 11) is 5.56. The van der Waals surface area contributed by atoms with Gasteiger partial charge in [0.2, 0.25) is 0 Å². The van der Waals surface area contributed by atoms with Crippen LogP contribution in [0.2, 0.25) is 0 Å². The second-order valence-electron chi connectivity index (χ2n) is 4.16. The van der Waals surface area contributed by atoms with Crippen molar-refractivity contribution in [3.63, 3.8) is 0 Å². The predicted octanol–water partition coefficient (Wildman–Crippen LogP) is 1.13. The molecule has 7 nitrogen and oxygen atoms in total. The highest BCUT2D eigenvalue weighted by atomic mass is 16.3. The minimum Gasteiger partial charge on any atom is -0.378 e. The summed E-state index contributed by atoms with van der Waals surface area (Å²) in [6, 6.07) is 6.89. The van der Waals surface area contributed by atoms with Crippen molar-refractivity contribution < 1.29 is 0 Å². The minimum absolute atomic E-state index is 0.431. The number of rotatable bonds is 4. The van der Waals surface area contributed by atoms with Gasteiger partial charge in [0.1, 0.15) is 0 Å². The van der Waals surface area contributed by atoms with Crippen molar-refractivity contribution in [3.05, 3.63) is 40.6 Å². The van der Waals surface area contributed by atoms with E-state index in [-0.39, 0.29) is 0 Å². The van der Waals surface area contributed by atoms with Crippen LogP contribution in [0.25, 0.3) is 0 Å². The van der Waals surface area contributed by atoms with E-state index in [4.69, 9.17) is 0 Å². The molecule has 7 heteroatoms. The average Bonchev–Trinajstić information content (AvgIpc) is 2.77. The second kappa shape index (κ2) is 4.91. The van der Waals surface area contributed by atoms with Gasteiger partial charge in [0.05, 0.1) is 0 Å². The number of nitroso groups, excluding NO2 is 1. The van der Waals surface area contributed by atoms with Gasteiger partial charge in [0.25, 0.3) is 0 Å². The van der Waals surface area contributed by atoms with Gasteiger partial charge in [-0.05, 0) is 28.1 Å². The third kappa shape index (κ3) is 2.20. The van der Waals surface area contributed by atoms with Gasteiger partial charge in [-0.25, -0.2) is 4.68 Å². The maximum atomic E-state index is 11.1. The summed E-state index contributed by atoms with van der Waals surface area (Å²) in [4.78, 5) is 13.0. The molecule has 0 saturated heterocycles. The lowest BCUT2D eigenvalue weighted by atomic mass is 10.1. The Kier molecular flexibility index (Phi) is 3.31. The molecular formula is C11H14N6O. The third-order valence-corrected chi connectivity index (χ3v) is 2.71. The zero-order valence-corrected chi connectivity index (χ0v) is 10.5. The van der Waals surface area contributed by atoms with Crippen molar-refractivity contribution in [1.29, 1.82) is 0 Å². The Balaban J connectivity index is 2.42. The van der Waals surface area contributed by atoms with E-state index >= 15 is 0 Å². The summed E-state index contributed by atoms with van der Waals surface area (Å²) in [5, 5.41) is 14.2. The third-order valence-electron chi connectivity index (χ3n) is 2.71. The number of hydrogen-bond donors (Lipinski definition) is 0. The first kappa shape index (κ1) is 12.2. The molecule has 1 heterocycles. The molecule has 1 unspecified atom stereocenters. The van der Waals surface area contributed by atoms with Gasteiger partial charge in [-0.15, -0.1) is 10.0 Å². The Morgan fingerprint density at radius 2 is 2.17 bits per heavy atom. The SMILES string of the molecule is CN(C)c1cccc(C(N=O)c2nnnn2C)c1. The Morgan fingerprint density at radius 3 is 2.72 bits per heavy atom. The van der Waals surface area contributed by atoms with Gasteiger partial charge in [-0.3, -0.25) is 0 Å². The molecule has 2 aromatic rings. The van der Waals surface area contributed by atoms with E-state index < -0.39 is 6.04 Å². The van der Waals surface area contributed by atoms with Gasteiger partial charge in [-0.1, -0.05) is 17.3 Å². The molecule has 2 rings (SSSR count). The predicted molar refractivity (Wildman–Crippen MR) is 67.2 cm³/mol. The van der Waals surface area contributed by atoms with Crippen LogP contribution in [0, 0.1) is 4.91 Å². The Bertz CT molecular complexity index is 550. The van der Waals surface area contributed by atoms with Gasteiger partial charge >= 0.3 is 0 Å². The molecule has 0 saturated carbocycles. The maximum absolute atomic E-state index is 11.1. The van der Waals surface area contributed by atoms with Gasteiger partial charge in [0, 0.05) is 26.8 Å². The summed E-state index contributed by atoms with van der Waals surface area (Å²) in [6.07, 6.45) is 0. The zero-order chi connectivity index (χ0) is 13.1. The van der Waals surface area contributed by atoms with Crippen molar-refractivity contribution in [1.82, 2.24) is 20.2 Å². The molecule has 0 aliphatic rings. The van der Waals surface area contributed by atoms with Crippen LogP contribution in [0.1, 0.15) is 17.4 Å². The van der Waals surface area contributed by atoms with Crippen LogP contribution in [0.4, 0.5) is 5.69 Å². The van der Waals surface area contributed by atoms with E-state index in [0.29, 0.717) is 5.82 Å². The van der Waals surface area contributed by atoms with Crippen molar-refractivity contribution in [3.8, 4) is 0 Å². The first-order chi connectivity index (χ1) is 8.63. The zero-order valence-electron chi connectivity index (χ0n) is 10.5. The van der Waals surface area contributed by atoms with Gasteiger partial charge in [-0.2, -0.15) is 0 Å². The van der Waals surface area contributed by atoms with E-state index in [1.54, 1.807) is 7.05 Å². The molecular weight excluding hydrogens is 232 g/mol. The average molecular weight is 246 g/mol. The maximum Gasteiger partial charge on any atom is 0.183 e. The lowest BCUT2D eigenvalue weighted by molar-refractivity contribution is 0.647. The molecule has 0 bridgehead atoms. The van der Waals surface area contributed by atoms with Crippen LogP contribution in [0.3, 0.4) is 0 Å². The van der Waals surface area contributed by atoms with Crippen LogP contribution in [0.5, 0.6) is 0 Å². The lowest BCUT2D eigenvalue weighted by Gasteiger charge is -2.15. The number of nitrogens with zero attached hydrogens (tertiary/aromatic N) is 6. The number of aryl methyl sites for hydroxylation is 1. The largest absolute Gasteiger partial charge is 0.378 e. The summed E-state index contributed by atoms with van der Waals surface area (Å²) in [6.45, 7) is 0. The standard InChI is InChI=1S/C11H14N6O/c1-16(2)9-6-4-5-8(7-9)10(13-18)11-12-14-15-17(11)3/h4-7,10H,1-3H3. The lowest BCUT2D eigenvalue weighted by Crippen LogP contribution is -2.10. The van der Waals surface area contributed by atoms with E-state index in [1.165, 1.54) is 4.68 Å². The molecule has 1 aromatic carbocycles. The van der Waals surface area contributed by atoms with Crippen LogP contribution in [-0.2, 0) is 7.05 Å². The first-order valence-electron chi connectivity index (χ1n) is 5.45. The topological polar surface area (TPSA) is 76.3 Å². The molecule has 0 spiro atoms. The van der Waals surface area contributed by atoms with Crippen LogP contribution >= 0.6 is 0 Å². The summed E-state index contributed by atoms with van der Waals surface area (Å²) < 4.78 is 1.45. The van der Waals surface area contributed by atoms with Crippen molar-refractivity contribution >= 4 is 5.69 Å². The molecule has 0 N–H and O–H groups in total. The number of anilines is 1. The Morgan fingerprint density at radius 1 is 1.39 bits per heavy atom. The molecule has 1 aromatic heterocycles. The summed E-state index contributed by atoms with van der Waals surface area (Å²) in [5.41, 5.74) is 1.77. The smallest absolute Gasteiger partial charge is 0.183 e. The van der Waals surface area contributed by atoms with Crippen molar-refractivity contribution in [2.75, 3.05) is 19.0 Å². The van der Waals surface area contributed by atoms with E-state index in [2.05, 4.69) is 20.7 Å². The highest BCUT2D eigenvalue weighted by Gasteiger charge is 2.21. The highest BCUT2D eigenvalue weighted by molar-refractivity contribution is 5.48. The Labute approximate surface area is 104 Å². The molecule has 0 aliphatic carbocycles. The minimum atomic E-state index is -0.690. The number of hydrogen-bond acceptors (Lipinski definition) is 6. The fourth-order valence-corrected chi connectivity index (χ4v) is 1.70. The highest BCUT2D eigenvalue weighted by Crippen LogP contribution is 2.26. The van der Waals surface area contributed by atoms with Gasteiger partial charge < -0.3 is 4.90 Å². The number of benzene rings is 1. The van der Waals surface area contributed by atoms with Crippen LogP contribution < -0.4 is 4.90 Å². The molecule has 0 radical (unpaired) electrons. The second-order valence-corrected chi connectivity index (χ2v) is 4.16. The van der Waals surface area contributed by atoms with E-state index in [1.807, 2.05) is 43.3 Å². The van der Waals surface area contributed by atoms with E-state index in [9.17, 15) is 4.91 Å². The molecule has 1 atom stereocenters. The van der Waals surface area contributed by atoms with Crippen molar-refractivity contribution in [2.24, 2.45) is 12.2 Å². The first-order valence-corrected chi connectivity index (χ1v) is 5.45. The molecule has 0 aliphatic heterocycles. The van der Waals surface area contributed by atoms with Gasteiger partial charge in [0.15, 0.2) is 11.9 Å². The molecule has 94 valence electrons. The quantitative estimate of drug-likeness (QED) is 0.756. The van der Waals surface area contributed by atoms with Crippen LogP contribution in [0.15, 0.2) is 29.4 Å². The molecule has 0 amide bonds. The number of tetrazole rings is 1. The van der Waals surface area contributed by atoms with Crippen LogP contribution in [-0.4, -0.2) is 34.3 Å².